The van der Waals surface area contributed by atoms with E-state index in [1.807, 2.05) is 25.5 Å². The van der Waals surface area contributed by atoms with E-state index in [0.29, 0.717) is 12.6 Å². The molecule has 2 aromatic rings. The predicted molar refractivity (Wildman–Crippen MR) is 111 cm³/mol. The predicted octanol–water partition coefficient (Wildman–Crippen LogP) is 2.42. The lowest BCUT2D eigenvalue weighted by molar-refractivity contribution is 0.232. The summed E-state index contributed by atoms with van der Waals surface area (Å²) < 4.78 is 2.19. The van der Waals surface area contributed by atoms with Crippen LogP contribution in [0.3, 0.4) is 0 Å². The lowest BCUT2D eigenvalue weighted by Crippen LogP contribution is -2.45. The molecule has 1 aliphatic heterocycles. The van der Waals surface area contributed by atoms with Gasteiger partial charge in [0.25, 0.3) is 0 Å². The van der Waals surface area contributed by atoms with Gasteiger partial charge in [0.1, 0.15) is 5.82 Å². The van der Waals surface area contributed by atoms with E-state index in [9.17, 15) is 0 Å². The second kappa shape index (κ2) is 9.55. The van der Waals surface area contributed by atoms with E-state index in [1.54, 1.807) is 0 Å². The molecule has 0 saturated carbocycles. The third-order valence-electron chi connectivity index (χ3n) is 5.37. The van der Waals surface area contributed by atoms with Crippen LogP contribution >= 0.6 is 0 Å². The van der Waals surface area contributed by atoms with Gasteiger partial charge in [-0.15, -0.1) is 0 Å². The number of hydrogen-bond donors (Lipinski definition) is 1. The average molecular weight is 369 g/mol. The van der Waals surface area contributed by atoms with E-state index >= 15 is 0 Å². The summed E-state index contributed by atoms with van der Waals surface area (Å²) in [5.41, 5.74) is 1.28. The van der Waals surface area contributed by atoms with Gasteiger partial charge in [0.15, 0.2) is 5.96 Å². The van der Waals surface area contributed by atoms with E-state index in [2.05, 4.69) is 67.9 Å². The molecule has 2 heterocycles. The molecule has 3 rings (SSSR count). The Kier molecular flexibility index (Phi) is 6.87. The molecule has 1 atom stereocenters. The zero-order valence-corrected chi connectivity index (χ0v) is 16.8. The summed E-state index contributed by atoms with van der Waals surface area (Å²) in [7, 11) is 3.97. The fourth-order valence-corrected chi connectivity index (χ4v) is 3.89. The quantitative estimate of drug-likeness (QED) is 0.602. The van der Waals surface area contributed by atoms with Gasteiger partial charge in [-0.2, -0.15) is 0 Å². The van der Waals surface area contributed by atoms with Gasteiger partial charge in [0.2, 0.25) is 0 Å². The number of aromatic nitrogens is 2. The summed E-state index contributed by atoms with van der Waals surface area (Å²) in [6, 6.07) is 11.1. The lowest BCUT2D eigenvalue weighted by atomic mass is 10.2. The van der Waals surface area contributed by atoms with Gasteiger partial charge in [0.05, 0.1) is 6.54 Å². The molecule has 1 unspecified atom stereocenters. The Hall–Kier alpha value is -2.34. The fourth-order valence-electron chi connectivity index (χ4n) is 3.89. The number of imidazole rings is 1. The van der Waals surface area contributed by atoms with Crippen LogP contribution in [0.1, 0.15) is 31.2 Å². The summed E-state index contributed by atoms with van der Waals surface area (Å²) in [6.07, 6.45) is 6.48. The van der Waals surface area contributed by atoms with Gasteiger partial charge >= 0.3 is 0 Å². The Bertz CT molecular complexity index is 723. The summed E-state index contributed by atoms with van der Waals surface area (Å²) in [5, 5.41) is 3.48. The zero-order valence-electron chi connectivity index (χ0n) is 16.8. The van der Waals surface area contributed by atoms with E-state index in [1.165, 1.54) is 24.9 Å². The van der Waals surface area contributed by atoms with Crippen LogP contribution in [0.4, 0.5) is 0 Å². The highest BCUT2D eigenvalue weighted by Crippen LogP contribution is 2.17. The number of nitrogens with one attached hydrogen (secondary N) is 1. The third kappa shape index (κ3) is 5.10. The van der Waals surface area contributed by atoms with Crippen molar-refractivity contribution in [2.45, 2.75) is 38.9 Å². The standard InChI is InChI=1S/C21H32N6/c1-4-26-13-8-11-19(26)17-25(3)21(22-2)24-15-20-23-12-14-27(20)16-18-9-6-5-7-10-18/h5-7,9-10,12,14,19H,4,8,11,13,15-17H2,1-3H3,(H,22,24). The van der Waals surface area contributed by atoms with Crippen molar-refractivity contribution in [1.82, 2.24) is 24.7 Å². The number of benzene rings is 1. The van der Waals surface area contributed by atoms with Crippen LogP contribution in [-0.4, -0.2) is 65.1 Å². The third-order valence-corrected chi connectivity index (χ3v) is 5.37. The van der Waals surface area contributed by atoms with Crippen molar-refractivity contribution < 1.29 is 0 Å². The topological polar surface area (TPSA) is 48.7 Å². The van der Waals surface area contributed by atoms with Crippen molar-refractivity contribution in [3.8, 4) is 0 Å². The Morgan fingerprint density at radius 1 is 1.33 bits per heavy atom. The Labute approximate surface area is 162 Å². The molecule has 0 bridgehead atoms. The Balaban J connectivity index is 1.56. The van der Waals surface area contributed by atoms with Crippen LogP contribution in [0, 0.1) is 0 Å². The minimum atomic E-state index is 0.624. The normalized spacial score (nSPS) is 18.0. The number of rotatable bonds is 7. The molecule has 1 aromatic carbocycles. The van der Waals surface area contributed by atoms with E-state index in [0.717, 1.165) is 31.4 Å². The highest BCUT2D eigenvalue weighted by Gasteiger charge is 2.25. The summed E-state index contributed by atoms with van der Waals surface area (Å²) in [5.74, 6) is 1.94. The fraction of sp³-hybridized carbons (Fsp3) is 0.524. The SMILES string of the molecule is CCN1CCCC1CN(C)C(=NC)NCc1nccn1Cc1ccccc1. The van der Waals surface area contributed by atoms with E-state index < -0.39 is 0 Å². The highest BCUT2D eigenvalue weighted by atomic mass is 15.3. The Morgan fingerprint density at radius 3 is 2.89 bits per heavy atom. The molecule has 6 heteroatoms. The first-order chi connectivity index (χ1) is 13.2. The number of likely N-dealkylation sites (tertiary alicyclic amines) is 1. The Morgan fingerprint density at radius 2 is 2.15 bits per heavy atom. The second-order valence-electron chi connectivity index (χ2n) is 7.16. The van der Waals surface area contributed by atoms with Crippen LogP contribution < -0.4 is 5.32 Å². The van der Waals surface area contributed by atoms with Crippen molar-refractivity contribution in [2.75, 3.05) is 33.7 Å². The van der Waals surface area contributed by atoms with Gasteiger partial charge in [0, 0.05) is 45.6 Å². The maximum absolute atomic E-state index is 4.53. The highest BCUT2D eigenvalue weighted by molar-refractivity contribution is 5.79. The molecule has 146 valence electrons. The number of guanidine groups is 1. The van der Waals surface area contributed by atoms with Crippen molar-refractivity contribution in [2.24, 2.45) is 4.99 Å². The maximum Gasteiger partial charge on any atom is 0.193 e. The van der Waals surface area contributed by atoms with Crippen molar-refractivity contribution in [3.63, 3.8) is 0 Å². The first-order valence-corrected chi connectivity index (χ1v) is 9.91. The zero-order chi connectivity index (χ0) is 19.1. The molecule has 0 spiro atoms. The summed E-state index contributed by atoms with van der Waals surface area (Å²) in [6.45, 7) is 7.10. The number of likely N-dealkylation sites (N-methyl/N-ethyl adjacent to an activating group) is 2. The van der Waals surface area contributed by atoms with Crippen molar-refractivity contribution >= 4 is 5.96 Å². The first kappa shape index (κ1) is 19.4. The minimum absolute atomic E-state index is 0.624. The van der Waals surface area contributed by atoms with Gasteiger partial charge < -0.3 is 14.8 Å². The molecule has 0 aliphatic carbocycles. The lowest BCUT2D eigenvalue weighted by Gasteiger charge is -2.29. The largest absolute Gasteiger partial charge is 0.349 e. The van der Waals surface area contributed by atoms with Gasteiger partial charge in [-0.3, -0.25) is 9.89 Å². The van der Waals surface area contributed by atoms with Crippen LogP contribution in [0.5, 0.6) is 0 Å². The minimum Gasteiger partial charge on any atom is -0.349 e. The molecule has 1 N–H and O–H groups in total. The molecule has 1 fully saturated rings. The molecular formula is C21H32N6. The molecule has 0 amide bonds. The van der Waals surface area contributed by atoms with Crippen molar-refractivity contribution in [1.29, 1.82) is 0 Å². The molecule has 0 radical (unpaired) electrons. The molecule has 1 aromatic heterocycles. The van der Waals surface area contributed by atoms with Crippen LogP contribution in [0.15, 0.2) is 47.7 Å². The number of hydrogen-bond acceptors (Lipinski definition) is 3. The smallest absolute Gasteiger partial charge is 0.193 e. The van der Waals surface area contributed by atoms with E-state index in [-0.39, 0.29) is 0 Å². The van der Waals surface area contributed by atoms with Crippen LogP contribution in [-0.2, 0) is 13.1 Å². The molecule has 1 saturated heterocycles. The molecular weight excluding hydrogens is 336 g/mol. The van der Waals surface area contributed by atoms with Gasteiger partial charge in [-0.1, -0.05) is 37.3 Å². The first-order valence-electron chi connectivity index (χ1n) is 9.91. The molecule has 1 aliphatic rings. The monoisotopic (exact) mass is 368 g/mol. The van der Waals surface area contributed by atoms with Gasteiger partial charge in [-0.05, 0) is 31.5 Å². The summed E-state index contributed by atoms with van der Waals surface area (Å²) >= 11 is 0. The van der Waals surface area contributed by atoms with E-state index in [4.69, 9.17) is 0 Å². The second-order valence-corrected chi connectivity index (χ2v) is 7.16. The van der Waals surface area contributed by atoms with Crippen LogP contribution in [0.25, 0.3) is 0 Å². The average Bonchev–Trinajstić information content (AvgIpc) is 3.32. The van der Waals surface area contributed by atoms with Gasteiger partial charge in [-0.25, -0.2) is 4.98 Å². The molecule has 6 nitrogen and oxygen atoms in total. The summed E-state index contributed by atoms with van der Waals surface area (Å²) in [4.78, 5) is 13.8. The van der Waals surface area contributed by atoms with Crippen molar-refractivity contribution in [3.05, 3.63) is 54.1 Å². The molecule has 27 heavy (non-hydrogen) atoms. The number of aliphatic imine (C=N–C) groups is 1. The maximum atomic E-state index is 4.53. The van der Waals surface area contributed by atoms with Crippen LogP contribution in [0.2, 0.25) is 0 Å². The number of nitrogens with zero attached hydrogens (tertiary/aromatic N) is 5.